The predicted octanol–water partition coefficient (Wildman–Crippen LogP) is 1.66. The highest BCUT2D eigenvalue weighted by molar-refractivity contribution is 5.90. The molecule has 0 fully saturated rings. The van der Waals surface area contributed by atoms with Crippen LogP contribution in [0.2, 0.25) is 0 Å². The Bertz CT molecular complexity index is 359. The van der Waals surface area contributed by atoms with Gasteiger partial charge in [-0.25, -0.2) is 4.79 Å². The molecule has 0 atom stereocenters. The first kappa shape index (κ1) is 14.0. The van der Waals surface area contributed by atoms with Crippen LogP contribution in [-0.4, -0.2) is 28.8 Å². The van der Waals surface area contributed by atoms with Crippen LogP contribution >= 0.6 is 0 Å². The van der Waals surface area contributed by atoms with Gasteiger partial charge in [-0.3, -0.25) is 4.79 Å². The first-order chi connectivity index (χ1) is 7.49. The van der Waals surface area contributed by atoms with Crippen molar-refractivity contribution in [1.29, 1.82) is 0 Å². The fraction of sp³-hybridized carbons (Fsp3) is 0.273. The summed E-state index contributed by atoms with van der Waals surface area (Å²) in [4.78, 5) is 20.1. The van der Waals surface area contributed by atoms with E-state index in [1.807, 2.05) is 0 Å². The third-order valence-electron chi connectivity index (χ3n) is 1.48. The molecular weight excluding hydrogens is 212 g/mol. The summed E-state index contributed by atoms with van der Waals surface area (Å²) in [6.07, 6.45) is 0. The van der Waals surface area contributed by atoms with Crippen molar-refractivity contribution < 1.29 is 24.5 Å². The summed E-state index contributed by atoms with van der Waals surface area (Å²) in [6.45, 7) is 3.65. The fourth-order valence-corrected chi connectivity index (χ4v) is 0.858. The molecule has 1 rings (SSSR count). The highest BCUT2D eigenvalue weighted by atomic mass is 16.5. The molecular formula is C11H14O5. The summed E-state index contributed by atoms with van der Waals surface area (Å²) in [7, 11) is 0. The maximum atomic E-state index is 10.3. The molecule has 0 spiro atoms. The normalized spacial score (nSPS) is 8.62. The number of phenols is 1. The SMILES string of the molecule is CCOC(C)=O.O=C(O)c1ccccc1O. The molecule has 1 aromatic rings. The minimum atomic E-state index is -1.11. The van der Waals surface area contributed by atoms with E-state index in [1.165, 1.54) is 19.1 Å². The van der Waals surface area contributed by atoms with E-state index in [4.69, 9.17) is 10.2 Å². The lowest BCUT2D eigenvalue weighted by molar-refractivity contribution is -0.140. The Labute approximate surface area is 93.3 Å². The van der Waals surface area contributed by atoms with Crippen LogP contribution in [0.4, 0.5) is 0 Å². The molecule has 16 heavy (non-hydrogen) atoms. The van der Waals surface area contributed by atoms with Crippen molar-refractivity contribution >= 4 is 11.9 Å². The van der Waals surface area contributed by atoms with Crippen LogP contribution in [0.15, 0.2) is 24.3 Å². The van der Waals surface area contributed by atoms with Crippen molar-refractivity contribution in [3.8, 4) is 5.75 Å². The second kappa shape index (κ2) is 7.28. The molecule has 0 saturated carbocycles. The van der Waals surface area contributed by atoms with E-state index in [2.05, 4.69) is 4.74 Å². The molecule has 5 heteroatoms. The number of carbonyl (C=O) groups excluding carboxylic acids is 1. The number of ether oxygens (including phenoxy) is 1. The Hall–Kier alpha value is -2.04. The lowest BCUT2D eigenvalue weighted by Crippen LogP contribution is -1.95. The monoisotopic (exact) mass is 226 g/mol. The van der Waals surface area contributed by atoms with E-state index in [9.17, 15) is 9.59 Å². The quantitative estimate of drug-likeness (QED) is 0.749. The smallest absolute Gasteiger partial charge is 0.339 e. The van der Waals surface area contributed by atoms with Gasteiger partial charge in [-0.2, -0.15) is 0 Å². The second-order valence-corrected chi connectivity index (χ2v) is 2.75. The standard InChI is InChI=1S/C7H6O3.C4H8O2/c8-6-4-2-1-3-5(6)7(9)10;1-3-6-4(2)5/h1-4,8H,(H,9,10);3H2,1-2H3. The van der Waals surface area contributed by atoms with Crippen LogP contribution in [0, 0.1) is 0 Å². The summed E-state index contributed by atoms with van der Waals surface area (Å²) in [5.41, 5.74) is -0.0671. The Balaban J connectivity index is 0.000000325. The first-order valence-electron chi connectivity index (χ1n) is 4.63. The summed E-state index contributed by atoms with van der Waals surface area (Å²) in [5, 5.41) is 17.3. The van der Waals surface area contributed by atoms with E-state index in [-0.39, 0.29) is 17.3 Å². The molecule has 1 aromatic carbocycles. The summed E-state index contributed by atoms with van der Waals surface area (Å²) in [5.74, 6) is -1.52. The van der Waals surface area contributed by atoms with E-state index < -0.39 is 5.97 Å². The maximum Gasteiger partial charge on any atom is 0.339 e. The number of esters is 1. The third kappa shape index (κ3) is 5.64. The number of hydrogen-bond acceptors (Lipinski definition) is 4. The zero-order valence-electron chi connectivity index (χ0n) is 9.14. The number of carboxylic acids is 1. The van der Waals surface area contributed by atoms with Crippen LogP contribution in [-0.2, 0) is 9.53 Å². The highest BCUT2D eigenvalue weighted by Crippen LogP contribution is 2.14. The Morgan fingerprint density at radius 3 is 2.12 bits per heavy atom. The Morgan fingerprint density at radius 2 is 1.88 bits per heavy atom. The van der Waals surface area contributed by atoms with Crippen LogP contribution in [0.25, 0.3) is 0 Å². The van der Waals surface area contributed by atoms with Crippen molar-refractivity contribution in [2.24, 2.45) is 0 Å². The number of benzene rings is 1. The molecule has 0 radical (unpaired) electrons. The molecule has 0 heterocycles. The zero-order chi connectivity index (χ0) is 12.6. The van der Waals surface area contributed by atoms with Gasteiger partial charge >= 0.3 is 11.9 Å². The van der Waals surface area contributed by atoms with Crippen molar-refractivity contribution in [3.63, 3.8) is 0 Å². The second-order valence-electron chi connectivity index (χ2n) is 2.75. The van der Waals surface area contributed by atoms with Crippen molar-refractivity contribution in [3.05, 3.63) is 29.8 Å². The van der Waals surface area contributed by atoms with Gasteiger partial charge < -0.3 is 14.9 Å². The van der Waals surface area contributed by atoms with Gasteiger partial charge in [0.05, 0.1) is 6.61 Å². The Morgan fingerprint density at radius 1 is 1.31 bits per heavy atom. The number of carboxylic acid groups (broad SMARTS) is 1. The summed E-state index contributed by atoms with van der Waals surface area (Å²) < 4.78 is 4.40. The fourth-order valence-electron chi connectivity index (χ4n) is 0.858. The van der Waals surface area contributed by atoms with Crippen molar-refractivity contribution in [2.75, 3.05) is 6.61 Å². The number of aromatic carboxylic acids is 1. The lowest BCUT2D eigenvalue weighted by Gasteiger charge is -1.95. The number of aromatic hydroxyl groups is 1. The van der Waals surface area contributed by atoms with Gasteiger partial charge in [-0.05, 0) is 19.1 Å². The van der Waals surface area contributed by atoms with Gasteiger partial charge in [0.2, 0.25) is 0 Å². The van der Waals surface area contributed by atoms with Crippen LogP contribution in [0.3, 0.4) is 0 Å². The first-order valence-corrected chi connectivity index (χ1v) is 4.63. The predicted molar refractivity (Wildman–Crippen MR) is 57.4 cm³/mol. The molecule has 0 aliphatic heterocycles. The number of carbonyl (C=O) groups is 2. The van der Waals surface area contributed by atoms with Gasteiger partial charge in [0.1, 0.15) is 11.3 Å². The summed E-state index contributed by atoms with van der Waals surface area (Å²) in [6, 6.07) is 5.81. The molecule has 0 saturated heterocycles. The van der Waals surface area contributed by atoms with Gasteiger partial charge in [-0.1, -0.05) is 12.1 Å². The summed E-state index contributed by atoms with van der Waals surface area (Å²) >= 11 is 0. The average molecular weight is 226 g/mol. The zero-order valence-corrected chi connectivity index (χ0v) is 9.14. The van der Waals surface area contributed by atoms with Gasteiger partial charge in [-0.15, -0.1) is 0 Å². The minimum absolute atomic E-state index is 0.0671. The maximum absolute atomic E-state index is 10.3. The lowest BCUT2D eigenvalue weighted by atomic mass is 10.2. The molecule has 88 valence electrons. The average Bonchev–Trinajstić information content (AvgIpc) is 2.18. The van der Waals surface area contributed by atoms with Crippen molar-refractivity contribution in [2.45, 2.75) is 13.8 Å². The molecule has 0 unspecified atom stereocenters. The molecule has 0 aromatic heterocycles. The molecule has 5 nitrogen and oxygen atoms in total. The molecule has 0 bridgehead atoms. The highest BCUT2D eigenvalue weighted by Gasteiger charge is 2.05. The topological polar surface area (TPSA) is 83.8 Å². The van der Waals surface area contributed by atoms with Gasteiger partial charge in [0.15, 0.2) is 0 Å². The number of para-hydroxylation sites is 1. The largest absolute Gasteiger partial charge is 0.507 e. The molecule has 0 aliphatic rings. The Kier molecular flexibility index (Phi) is 6.35. The van der Waals surface area contributed by atoms with Crippen LogP contribution < -0.4 is 0 Å². The minimum Gasteiger partial charge on any atom is -0.507 e. The van der Waals surface area contributed by atoms with Crippen LogP contribution in [0.5, 0.6) is 5.75 Å². The van der Waals surface area contributed by atoms with Crippen LogP contribution in [0.1, 0.15) is 24.2 Å². The number of rotatable bonds is 2. The molecule has 2 N–H and O–H groups in total. The third-order valence-corrected chi connectivity index (χ3v) is 1.48. The van der Waals surface area contributed by atoms with E-state index in [1.54, 1.807) is 19.1 Å². The van der Waals surface area contributed by atoms with Gasteiger partial charge in [0.25, 0.3) is 0 Å². The van der Waals surface area contributed by atoms with E-state index in [0.29, 0.717) is 6.61 Å². The van der Waals surface area contributed by atoms with Crippen molar-refractivity contribution in [1.82, 2.24) is 0 Å². The van der Waals surface area contributed by atoms with Gasteiger partial charge in [0, 0.05) is 6.92 Å². The molecule has 0 amide bonds. The van der Waals surface area contributed by atoms with E-state index >= 15 is 0 Å². The number of hydrogen-bond donors (Lipinski definition) is 2. The molecule has 0 aliphatic carbocycles. The van der Waals surface area contributed by atoms with E-state index in [0.717, 1.165) is 0 Å².